The Labute approximate surface area is 332 Å². The van der Waals surface area contributed by atoms with Crippen LogP contribution in [0.15, 0.2) is 18.2 Å². The Balaban J connectivity index is 1.19. The lowest BCUT2D eigenvalue weighted by Crippen LogP contribution is -2.63. The van der Waals surface area contributed by atoms with Crippen molar-refractivity contribution in [3.8, 4) is 34.5 Å². The number of cyclic esters (lactones) is 1. The molecule has 20 heteroatoms. The Bertz CT molecular complexity index is 1880. The van der Waals surface area contributed by atoms with Gasteiger partial charge in [0.25, 0.3) is 0 Å². The fourth-order valence-electron chi connectivity index (χ4n) is 7.86. The number of aliphatic hydroxyl groups is 3. The van der Waals surface area contributed by atoms with Crippen molar-refractivity contribution < 1.29 is 77.6 Å². The first-order valence-electron chi connectivity index (χ1n) is 18.7. The number of likely N-dealkylation sites (N-methyl/N-ethyl adjacent to an activating group) is 1. The summed E-state index contributed by atoms with van der Waals surface area (Å²) in [7, 11) is 4.27. The molecule has 0 spiro atoms. The average molecular weight is 817 g/mol. The topological polar surface area (TPSA) is 279 Å². The third-order valence-electron chi connectivity index (χ3n) is 10.8. The minimum absolute atomic E-state index is 0.0598. The number of rotatable bonds is 16. The quantitative estimate of drug-likeness (QED) is 0.0878. The number of Topliss-reactive ketones (excluding diaryl/α,β-unsaturated/α-hetero) is 1. The molecule has 0 bridgehead atoms. The van der Waals surface area contributed by atoms with Crippen LogP contribution in [-0.4, -0.2) is 135 Å². The summed E-state index contributed by atoms with van der Waals surface area (Å²) in [5.74, 6) is -4.83. The van der Waals surface area contributed by atoms with Gasteiger partial charge in [-0.2, -0.15) is 0 Å². The number of esters is 1. The molecule has 2 aromatic rings. The Hall–Kier alpha value is -5.41. The molecular formula is C38H48N4O16. The summed E-state index contributed by atoms with van der Waals surface area (Å²) in [6.45, 7) is -0.165. The van der Waals surface area contributed by atoms with Gasteiger partial charge in [0.15, 0.2) is 29.3 Å². The first-order chi connectivity index (χ1) is 27.8. The van der Waals surface area contributed by atoms with Crippen molar-refractivity contribution in [2.75, 3.05) is 54.4 Å². The van der Waals surface area contributed by atoms with Crippen molar-refractivity contribution in [2.24, 2.45) is 17.8 Å². The van der Waals surface area contributed by atoms with Crippen LogP contribution < -0.4 is 45.0 Å². The zero-order chi connectivity index (χ0) is 41.8. The number of ether oxygens (including phenoxy) is 7. The molecule has 316 valence electrons. The maximum atomic E-state index is 13.3. The Morgan fingerprint density at radius 1 is 0.983 bits per heavy atom. The SMILES string of the molecule is CNC(CCC(=O)NCC(C)=O)C(=O)NCC(=O)NC1C(O)OC(Oc2c3c(cc4c2OCO4)[C@@H](c2cc(OC)c(O)c(OC)c2)[C@H]2C(=O)OCC2C3)C(O)C1CO. The molecule has 7 unspecified atom stereocenters. The lowest BCUT2D eigenvalue weighted by atomic mass is 9.67. The smallest absolute Gasteiger partial charge is 0.310 e. The highest BCUT2D eigenvalue weighted by Crippen LogP contribution is 2.56. The van der Waals surface area contributed by atoms with E-state index in [1.54, 1.807) is 18.2 Å². The number of phenols is 1. The van der Waals surface area contributed by atoms with Crippen molar-refractivity contribution in [3.05, 3.63) is 34.9 Å². The van der Waals surface area contributed by atoms with Crippen LogP contribution in [0.5, 0.6) is 34.5 Å². The van der Waals surface area contributed by atoms with Crippen LogP contribution in [0.3, 0.4) is 0 Å². The molecule has 0 aromatic heterocycles. The maximum Gasteiger partial charge on any atom is 0.310 e. The van der Waals surface area contributed by atoms with Gasteiger partial charge in [-0.05, 0) is 56.1 Å². The summed E-state index contributed by atoms with van der Waals surface area (Å²) in [6.07, 6.45) is -4.79. The number of aromatic hydroxyl groups is 1. The monoisotopic (exact) mass is 816 g/mol. The molecule has 1 aliphatic carbocycles. The molecule has 20 nitrogen and oxygen atoms in total. The van der Waals surface area contributed by atoms with E-state index in [0.717, 1.165) is 0 Å². The molecule has 3 amide bonds. The van der Waals surface area contributed by atoms with Crippen LogP contribution in [0, 0.1) is 17.8 Å². The summed E-state index contributed by atoms with van der Waals surface area (Å²) < 4.78 is 40.0. The molecule has 3 aliphatic heterocycles. The highest BCUT2D eigenvalue weighted by atomic mass is 16.7. The van der Waals surface area contributed by atoms with Gasteiger partial charge in [-0.25, -0.2) is 0 Å². The lowest BCUT2D eigenvalue weighted by molar-refractivity contribution is -0.288. The van der Waals surface area contributed by atoms with Crippen molar-refractivity contribution >= 4 is 29.5 Å². The molecule has 6 rings (SSSR count). The number of aliphatic hydroxyl groups excluding tert-OH is 3. The molecule has 2 fully saturated rings. The Kier molecular flexibility index (Phi) is 13.1. The second kappa shape index (κ2) is 18.0. The van der Waals surface area contributed by atoms with Gasteiger partial charge < -0.3 is 74.9 Å². The highest BCUT2D eigenvalue weighted by molar-refractivity contribution is 5.88. The zero-order valence-corrected chi connectivity index (χ0v) is 32.3. The van der Waals surface area contributed by atoms with Gasteiger partial charge in [0.2, 0.25) is 42.3 Å². The van der Waals surface area contributed by atoms with Crippen molar-refractivity contribution in [1.82, 2.24) is 21.3 Å². The Morgan fingerprint density at radius 3 is 2.36 bits per heavy atom. The summed E-state index contributed by atoms with van der Waals surface area (Å²) in [6, 6.07) is 2.72. The summed E-state index contributed by atoms with van der Waals surface area (Å²) in [5.41, 5.74) is 1.71. The van der Waals surface area contributed by atoms with E-state index in [4.69, 9.17) is 33.2 Å². The van der Waals surface area contributed by atoms with Crippen molar-refractivity contribution in [3.63, 3.8) is 0 Å². The molecule has 2 aromatic carbocycles. The predicted molar refractivity (Wildman–Crippen MR) is 196 cm³/mol. The summed E-state index contributed by atoms with van der Waals surface area (Å²) >= 11 is 0. The highest BCUT2D eigenvalue weighted by Gasteiger charge is 2.51. The molecule has 0 radical (unpaired) electrons. The molecule has 4 aliphatic rings. The maximum absolute atomic E-state index is 13.3. The first-order valence-corrected chi connectivity index (χ1v) is 18.7. The largest absolute Gasteiger partial charge is 0.502 e. The lowest BCUT2D eigenvalue weighted by Gasteiger charge is -2.43. The third kappa shape index (κ3) is 8.56. The van der Waals surface area contributed by atoms with E-state index in [2.05, 4.69) is 21.3 Å². The van der Waals surface area contributed by atoms with Gasteiger partial charge in [-0.3, -0.25) is 24.0 Å². The number of carbonyl (C=O) groups excluding carboxylic acids is 5. The van der Waals surface area contributed by atoms with E-state index < -0.39 is 85.4 Å². The van der Waals surface area contributed by atoms with Crippen molar-refractivity contribution in [2.45, 2.75) is 62.9 Å². The minimum atomic E-state index is -1.82. The molecule has 0 saturated carbocycles. The second-order valence-corrected chi connectivity index (χ2v) is 14.4. The molecule has 58 heavy (non-hydrogen) atoms. The fraction of sp³-hybridized carbons (Fsp3) is 0.553. The van der Waals surface area contributed by atoms with Crippen LogP contribution in [-0.2, 0) is 39.9 Å². The van der Waals surface area contributed by atoms with E-state index in [-0.39, 0.29) is 85.4 Å². The number of benzene rings is 2. The van der Waals surface area contributed by atoms with E-state index in [0.29, 0.717) is 16.7 Å². The van der Waals surface area contributed by atoms with Gasteiger partial charge in [0, 0.05) is 29.7 Å². The second-order valence-electron chi connectivity index (χ2n) is 14.4. The van der Waals surface area contributed by atoms with Crippen molar-refractivity contribution in [1.29, 1.82) is 0 Å². The number of carbonyl (C=O) groups is 5. The van der Waals surface area contributed by atoms with Gasteiger partial charge in [-0.15, -0.1) is 0 Å². The number of phenolic OH excluding ortho intramolecular Hbond substituents is 1. The minimum Gasteiger partial charge on any atom is -0.502 e. The van der Waals surface area contributed by atoms with E-state index in [9.17, 15) is 44.4 Å². The standard InChI is InChI=1S/C38H48N4O16/c1-16(44)11-40-26(45)6-5-22(39-2)35(49)41-12-27(46)42-30-21(13-43)31(47)38(58-37(30)51)57-33-20-7-18-14-54-36(50)29(18)28(19(20)10-25-34(33)56-15-55-25)17-8-23(52-3)32(48)24(9-17)53-4/h8-10,18,21-22,28-31,37-39,43,47-48,51H,5-7,11-15H2,1-4H3,(H,40,45)(H,41,49)(H,42,46)/t18?,21?,22?,28-,29+,30?,31?,37?,38?/m1/s1. The third-order valence-corrected chi connectivity index (χ3v) is 10.8. The van der Waals surface area contributed by atoms with Crippen LogP contribution in [0.1, 0.15) is 42.4 Å². The number of ketones is 1. The number of hydrogen-bond donors (Lipinski definition) is 8. The van der Waals surface area contributed by atoms with Crippen LogP contribution >= 0.6 is 0 Å². The van der Waals surface area contributed by atoms with Crippen LogP contribution in [0.25, 0.3) is 0 Å². The first kappa shape index (κ1) is 42.2. The summed E-state index contributed by atoms with van der Waals surface area (Å²) in [4.78, 5) is 62.1. The number of methoxy groups -OCH3 is 2. The van der Waals surface area contributed by atoms with Gasteiger partial charge in [0.1, 0.15) is 11.9 Å². The molecule has 2 saturated heterocycles. The molecule has 3 heterocycles. The van der Waals surface area contributed by atoms with E-state index >= 15 is 0 Å². The number of fused-ring (bicyclic) bond motifs is 3. The van der Waals surface area contributed by atoms with E-state index in [1.165, 1.54) is 28.2 Å². The Morgan fingerprint density at radius 2 is 1.71 bits per heavy atom. The van der Waals surface area contributed by atoms with Crippen LogP contribution in [0.2, 0.25) is 0 Å². The zero-order valence-electron chi connectivity index (χ0n) is 32.3. The predicted octanol–water partition coefficient (Wildman–Crippen LogP) is -1.69. The fourth-order valence-corrected chi connectivity index (χ4v) is 7.86. The van der Waals surface area contributed by atoms with Gasteiger partial charge in [0.05, 0.1) is 58.5 Å². The molecule has 8 N–H and O–H groups in total. The van der Waals surface area contributed by atoms with E-state index in [1.807, 2.05) is 0 Å². The van der Waals surface area contributed by atoms with Crippen LogP contribution in [0.4, 0.5) is 0 Å². The van der Waals surface area contributed by atoms with Gasteiger partial charge in [-0.1, -0.05) is 0 Å². The van der Waals surface area contributed by atoms with Gasteiger partial charge >= 0.3 is 5.97 Å². The normalized spacial score (nSPS) is 26.0. The number of nitrogens with one attached hydrogen (secondary N) is 4. The average Bonchev–Trinajstić information content (AvgIpc) is 3.83. The summed E-state index contributed by atoms with van der Waals surface area (Å²) in [5, 5.41) is 53.8. The molecule has 9 atom stereocenters. The number of hydrogen-bond acceptors (Lipinski definition) is 17. The number of amides is 3. The molecular weight excluding hydrogens is 768 g/mol.